The number of phenolic OH excluding ortho intramolecular Hbond substituents is 1. The minimum absolute atomic E-state index is 0.0523. The number of aromatic hydroxyl groups is 1. The van der Waals surface area contributed by atoms with E-state index >= 15 is 0 Å². The molecule has 1 fully saturated rings. The molecule has 0 aromatic heterocycles. The highest BCUT2D eigenvalue weighted by Crippen LogP contribution is 2.39. The molecule has 15 heavy (non-hydrogen) atoms. The summed E-state index contributed by atoms with van der Waals surface area (Å²) in [7, 11) is 0. The van der Waals surface area contributed by atoms with Crippen LogP contribution in [0.4, 0.5) is 0 Å². The van der Waals surface area contributed by atoms with Gasteiger partial charge in [-0.1, -0.05) is 13.0 Å². The number of hydrogen-bond acceptors (Lipinski definition) is 2. The lowest BCUT2D eigenvalue weighted by Crippen LogP contribution is -2.24. The first-order chi connectivity index (χ1) is 7.04. The number of hydrogen-bond donors (Lipinski definition) is 2. The van der Waals surface area contributed by atoms with Gasteiger partial charge in [-0.15, -0.1) is 0 Å². The van der Waals surface area contributed by atoms with Crippen LogP contribution in [-0.2, 0) is 12.8 Å². The molecule has 0 saturated heterocycles. The van der Waals surface area contributed by atoms with Crippen LogP contribution in [0.25, 0.3) is 0 Å². The number of benzene rings is 1. The molecule has 0 heterocycles. The van der Waals surface area contributed by atoms with E-state index in [9.17, 15) is 5.11 Å². The first kappa shape index (κ1) is 11.0. The van der Waals surface area contributed by atoms with E-state index in [4.69, 9.17) is 5.73 Å². The summed E-state index contributed by atoms with van der Waals surface area (Å²) in [5.74, 6) is 0.351. The highest BCUT2D eigenvalue weighted by Gasteiger charge is 2.38. The van der Waals surface area contributed by atoms with Crippen LogP contribution in [0.15, 0.2) is 16.6 Å². The van der Waals surface area contributed by atoms with Gasteiger partial charge < -0.3 is 10.8 Å². The van der Waals surface area contributed by atoms with Crippen molar-refractivity contribution in [2.24, 2.45) is 5.73 Å². The van der Waals surface area contributed by atoms with E-state index in [-0.39, 0.29) is 5.54 Å². The molecule has 0 bridgehead atoms. The summed E-state index contributed by atoms with van der Waals surface area (Å²) in [5, 5.41) is 9.91. The van der Waals surface area contributed by atoms with E-state index in [1.807, 2.05) is 6.07 Å². The standard InChI is InChI=1S/C12H16BrNO/c1-2-8-5-9(7-12(14)3-4-12)11(15)10(13)6-8/h5-6,15H,2-4,7,14H2,1H3. The van der Waals surface area contributed by atoms with Crippen molar-refractivity contribution < 1.29 is 5.11 Å². The number of phenols is 1. The van der Waals surface area contributed by atoms with Crippen molar-refractivity contribution in [3.8, 4) is 5.75 Å². The summed E-state index contributed by atoms with van der Waals surface area (Å²) in [6.07, 6.45) is 3.90. The molecule has 0 amide bonds. The van der Waals surface area contributed by atoms with Gasteiger partial charge in [-0.25, -0.2) is 0 Å². The molecule has 3 heteroatoms. The van der Waals surface area contributed by atoms with E-state index < -0.39 is 0 Å². The molecule has 2 rings (SSSR count). The third-order valence-electron chi connectivity index (χ3n) is 3.05. The Hall–Kier alpha value is -0.540. The van der Waals surface area contributed by atoms with Gasteiger partial charge in [0.2, 0.25) is 0 Å². The van der Waals surface area contributed by atoms with Crippen LogP contribution in [0.1, 0.15) is 30.9 Å². The zero-order chi connectivity index (χ0) is 11.1. The Balaban J connectivity index is 2.31. The Morgan fingerprint density at radius 1 is 1.47 bits per heavy atom. The summed E-state index contributed by atoms with van der Waals surface area (Å²) in [4.78, 5) is 0. The average molecular weight is 270 g/mol. The van der Waals surface area contributed by atoms with Gasteiger partial charge in [-0.3, -0.25) is 0 Å². The Bertz CT molecular complexity index is 385. The molecule has 0 aliphatic heterocycles. The van der Waals surface area contributed by atoms with Crippen LogP contribution < -0.4 is 5.73 Å². The summed E-state index contributed by atoms with van der Waals surface area (Å²) in [5.41, 5.74) is 8.22. The van der Waals surface area contributed by atoms with Gasteiger partial charge in [0.15, 0.2) is 0 Å². The van der Waals surface area contributed by atoms with Crippen molar-refractivity contribution in [3.05, 3.63) is 27.7 Å². The maximum absolute atomic E-state index is 9.91. The van der Waals surface area contributed by atoms with Crippen molar-refractivity contribution in [2.45, 2.75) is 38.1 Å². The molecular formula is C12H16BrNO. The van der Waals surface area contributed by atoms with Gasteiger partial charge >= 0.3 is 0 Å². The largest absolute Gasteiger partial charge is 0.506 e. The van der Waals surface area contributed by atoms with Gasteiger partial charge in [0.1, 0.15) is 5.75 Å². The molecule has 0 unspecified atom stereocenters. The fourth-order valence-electron chi connectivity index (χ4n) is 1.77. The fourth-order valence-corrected chi connectivity index (χ4v) is 2.32. The van der Waals surface area contributed by atoms with Crippen molar-refractivity contribution in [3.63, 3.8) is 0 Å². The fraction of sp³-hybridized carbons (Fsp3) is 0.500. The second-order valence-electron chi connectivity index (χ2n) is 4.48. The molecule has 1 aromatic rings. The van der Waals surface area contributed by atoms with Crippen molar-refractivity contribution >= 4 is 15.9 Å². The minimum atomic E-state index is -0.0523. The number of rotatable bonds is 3. The lowest BCUT2D eigenvalue weighted by Gasteiger charge is -2.13. The topological polar surface area (TPSA) is 46.2 Å². The number of halogens is 1. The SMILES string of the molecule is CCc1cc(Br)c(O)c(CC2(N)CC2)c1. The predicted molar refractivity (Wildman–Crippen MR) is 65.0 cm³/mol. The normalized spacial score (nSPS) is 17.8. The van der Waals surface area contributed by atoms with Crippen molar-refractivity contribution in [1.82, 2.24) is 0 Å². The zero-order valence-corrected chi connectivity index (χ0v) is 10.5. The quantitative estimate of drug-likeness (QED) is 0.887. The molecule has 1 aliphatic carbocycles. The monoisotopic (exact) mass is 269 g/mol. The number of aryl methyl sites for hydroxylation is 1. The maximum atomic E-state index is 9.91. The second-order valence-corrected chi connectivity index (χ2v) is 5.33. The van der Waals surface area contributed by atoms with Gasteiger partial charge in [0.05, 0.1) is 4.47 Å². The van der Waals surface area contributed by atoms with Crippen LogP contribution in [-0.4, -0.2) is 10.6 Å². The van der Waals surface area contributed by atoms with Crippen molar-refractivity contribution in [2.75, 3.05) is 0 Å². The van der Waals surface area contributed by atoms with Gasteiger partial charge in [0, 0.05) is 5.54 Å². The molecule has 82 valence electrons. The molecular weight excluding hydrogens is 254 g/mol. The molecule has 1 saturated carbocycles. The van der Waals surface area contributed by atoms with Crippen LogP contribution in [0.3, 0.4) is 0 Å². The smallest absolute Gasteiger partial charge is 0.133 e. The Morgan fingerprint density at radius 3 is 2.67 bits per heavy atom. The van der Waals surface area contributed by atoms with Gasteiger partial charge in [-0.2, -0.15) is 0 Å². The average Bonchev–Trinajstić information content (AvgIpc) is 2.91. The molecule has 0 atom stereocenters. The highest BCUT2D eigenvalue weighted by atomic mass is 79.9. The van der Waals surface area contributed by atoms with Crippen LogP contribution >= 0.6 is 15.9 Å². The van der Waals surface area contributed by atoms with Gasteiger partial charge in [-0.05, 0) is 58.8 Å². The van der Waals surface area contributed by atoms with E-state index in [0.29, 0.717) is 5.75 Å². The summed E-state index contributed by atoms with van der Waals surface area (Å²) in [6, 6.07) is 4.03. The van der Waals surface area contributed by atoms with E-state index in [1.165, 1.54) is 5.56 Å². The maximum Gasteiger partial charge on any atom is 0.133 e. The van der Waals surface area contributed by atoms with E-state index in [2.05, 4.69) is 28.9 Å². The lowest BCUT2D eigenvalue weighted by molar-refractivity contribution is 0.460. The van der Waals surface area contributed by atoms with Gasteiger partial charge in [0.25, 0.3) is 0 Å². The second kappa shape index (κ2) is 3.80. The van der Waals surface area contributed by atoms with Crippen LogP contribution in [0.2, 0.25) is 0 Å². The van der Waals surface area contributed by atoms with Crippen LogP contribution in [0, 0.1) is 0 Å². The summed E-state index contributed by atoms with van der Waals surface area (Å²) in [6.45, 7) is 2.11. The Labute approximate surface area is 98.6 Å². The molecule has 1 aliphatic rings. The Morgan fingerprint density at radius 2 is 2.13 bits per heavy atom. The molecule has 2 nitrogen and oxygen atoms in total. The third-order valence-corrected chi connectivity index (χ3v) is 3.65. The summed E-state index contributed by atoms with van der Waals surface area (Å²) >= 11 is 3.37. The Kier molecular flexibility index (Phi) is 2.77. The van der Waals surface area contributed by atoms with Crippen molar-refractivity contribution in [1.29, 1.82) is 0 Å². The van der Waals surface area contributed by atoms with E-state index in [0.717, 1.165) is 35.7 Å². The predicted octanol–water partition coefficient (Wildman–Crippen LogP) is 2.75. The first-order valence-corrected chi connectivity index (χ1v) is 6.12. The van der Waals surface area contributed by atoms with E-state index in [1.54, 1.807) is 0 Å². The lowest BCUT2D eigenvalue weighted by atomic mass is 10.0. The molecule has 1 aromatic carbocycles. The third kappa shape index (κ3) is 2.34. The minimum Gasteiger partial charge on any atom is -0.506 e. The summed E-state index contributed by atoms with van der Waals surface area (Å²) < 4.78 is 0.779. The number of nitrogens with two attached hydrogens (primary N) is 1. The van der Waals surface area contributed by atoms with Crippen LogP contribution in [0.5, 0.6) is 5.75 Å². The molecule has 0 radical (unpaired) electrons. The first-order valence-electron chi connectivity index (χ1n) is 5.33. The molecule has 3 N–H and O–H groups in total. The zero-order valence-electron chi connectivity index (χ0n) is 8.89. The highest BCUT2D eigenvalue weighted by molar-refractivity contribution is 9.10. The molecule has 0 spiro atoms.